The highest BCUT2D eigenvalue weighted by atomic mass is 16.6. The standard InChI is InChI=1S/C18H37N5O4.H3N/c1-18(2,3)27-17(26)23-14(8-7-10-19)16(25)22-12-6-4-5-9-15(24)21-13-11-20;/h14H,4-13,19-20H2,1-3H3,(H,21,24)(H,22,25)(H,23,26);1H3. The van der Waals surface area contributed by atoms with Gasteiger partial charge in [0.15, 0.2) is 0 Å². The normalized spacial score (nSPS) is 11.8. The number of ether oxygens (including phenoxy) is 1. The predicted octanol–water partition coefficient (Wildman–Crippen LogP) is 0.532. The molecule has 0 aromatic rings. The van der Waals surface area contributed by atoms with Crippen LogP contribution in [0.15, 0.2) is 0 Å². The van der Waals surface area contributed by atoms with Crippen molar-refractivity contribution in [2.45, 2.75) is 70.9 Å². The highest BCUT2D eigenvalue weighted by Gasteiger charge is 2.23. The number of hydrogen-bond donors (Lipinski definition) is 6. The van der Waals surface area contributed by atoms with E-state index in [1.807, 2.05) is 0 Å². The van der Waals surface area contributed by atoms with Gasteiger partial charge in [-0.05, 0) is 53.0 Å². The molecule has 10 N–H and O–H groups in total. The SMILES string of the molecule is CC(C)(C)OC(=O)NC(CCCN)C(=O)NCCCCCC(=O)NCCN.N. The van der Waals surface area contributed by atoms with Gasteiger partial charge in [0, 0.05) is 26.1 Å². The Morgan fingerprint density at radius 2 is 1.61 bits per heavy atom. The number of rotatable bonds is 13. The highest BCUT2D eigenvalue weighted by Crippen LogP contribution is 2.08. The first kappa shape index (κ1) is 28.3. The van der Waals surface area contributed by atoms with E-state index in [1.54, 1.807) is 20.8 Å². The molecule has 0 bridgehead atoms. The summed E-state index contributed by atoms with van der Waals surface area (Å²) < 4.78 is 5.20. The van der Waals surface area contributed by atoms with Gasteiger partial charge in [0.25, 0.3) is 0 Å². The molecule has 0 saturated heterocycles. The lowest BCUT2D eigenvalue weighted by atomic mass is 10.1. The fourth-order valence-corrected chi connectivity index (χ4v) is 2.26. The minimum atomic E-state index is -0.676. The Kier molecular flexibility index (Phi) is 16.3. The first-order valence-corrected chi connectivity index (χ1v) is 9.63. The zero-order valence-electron chi connectivity index (χ0n) is 17.6. The van der Waals surface area contributed by atoms with Crippen LogP contribution in [-0.4, -0.2) is 55.7 Å². The predicted molar refractivity (Wildman–Crippen MR) is 110 cm³/mol. The van der Waals surface area contributed by atoms with Crippen molar-refractivity contribution in [2.24, 2.45) is 11.5 Å². The molecule has 0 aliphatic rings. The van der Waals surface area contributed by atoms with Crippen molar-refractivity contribution in [3.63, 3.8) is 0 Å². The Hall–Kier alpha value is -1.91. The molecule has 1 unspecified atom stereocenters. The summed E-state index contributed by atoms with van der Waals surface area (Å²) in [5.41, 5.74) is 10.2. The van der Waals surface area contributed by atoms with Crippen molar-refractivity contribution in [2.75, 3.05) is 26.2 Å². The van der Waals surface area contributed by atoms with E-state index < -0.39 is 17.7 Å². The van der Waals surface area contributed by atoms with Crippen LogP contribution in [0.4, 0.5) is 4.79 Å². The summed E-state index contributed by atoms with van der Waals surface area (Å²) in [6.07, 6.45) is 3.22. The van der Waals surface area contributed by atoms with E-state index in [2.05, 4.69) is 16.0 Å². The molecule has 0 rings (SSSR count). The molecule has 28 heavy (non-hydrogen) atoms. The Labute approximate surface area is 168 Å². The van der Waals surface area contributed by atoms with Crippen LogP contribution in [-0.2, 0) is 14.3 Å². The number of carbonyl (C=O) groups is 3. The summed E-state index contributed by atoms with van der Waals surface area (Å²) in [5.74, 6) is -0.261. The molecule has 0 aliphatic carbocycles. The van der Waals surface area contributed by atoms with Crippen LogP contribution in [0.25, 0.3) is 0 Å². The van der Waals surface area contributed by atoms with Gasteiger partial charge in [-0.1, -0.05) is 6.42 Å². The van der Waals surface area contributed by atoms with E-state index in [0.717, 1.165) is 19.3 Å². The van der Waals surface area contributed by atoms with Gasteiger partial charge >= 0.3 is 6.09 Å². The molecular weight excluding hydrogens is 364 g/mol. The third-order valence-corrected chi connectivity index (χ3v) is 3.55. The van der Waals surface area contributed by atoms with Gasteiger partial charge in [-0.25, -0.2) is 4.79 Å². The molecule has 3 amide bonds. The molecule has 0 aromatic heterocycles. The summed E-state index contributed by atoms with van der Waals surface area (Å²) in [4.78, 5) is 35.6. The zero-order valence-corrected chi connectivity index (χ0v) is 17.6. The maximum absolute atomic E-state index is 12.3. The molecule has 0 radical (unpaired) electrons. The van der Waals surface area contributed by atoms with E-state index in [1.165, 1.54) is 0 Å². The van der Waals surface area contributed by atoms with E-state index in [0.29, 0.717) is 45.4 Å². The lowest BCUT2D eigenvalue weighted by Gasteiger charge is -2.23. The lowest BCUT2D eigenvalue weighted by molar-refractivity contribution is -0.123. The second kappa shape index (κ2) is 16.1. The zero-order chi connectivity index (χ0) is 20.7. The van der Waals surface area contributed by atoms with Crippen molar-refractivity contribution < 1.29 is 19.1 Å². The van der Waals surface area contributed by atoms with Crippen molar-refractivity contribution in [1.82, 2.24) is 22.1 Å². The summed E-state index contributed by atoms with van der Waals surface area (Å²) in [7, 11) is 0. The third kappa shape index (κ3) is 16.3. The fourth-order valence-electron chi connectivity index (χ4n) is 2.26. The van der Waals surface area contributed by atoms with Gasteiger partial charge in [-0.2, -0.15) is 0 Å². The lowest BCUT2D eigenvalue weighted by Crippen LogP contribution is -2.48. The highest BCUT2D eigenvalue weighted by molar-refractivity contribution is 5.85. The smallest absolute Gasteiger partial charge is 0.408 e. The van der Waals surface area contributed by atoms with E-state index in [-0.39, 0.29) is 18.0 Å². The molecule has 10 heteroatoms. The number of nitrogens with two attached hydrogens (primary N) is 2. The van der Waals surface area contributed by atoms with Crippen LogP contribution in [0.2, 0.25) is 0 Å². The Balaban J connectivity index is 0. The van der Waals surface area contributed by atoms with Gasteiger partial charge in [0.05, 0.1) is 0 Å². The topological polar surface area (TPSA) is 184 Å². The van der Waals surface area contributed by atoms with Crippen LogP contribution in [0.3, 0.4) is 0 Å². The van der Waals surface area contributed by atoms with Crippen LogP contribution in [0.1, 0.15) is 59.3 Å². The van der Waals surface area contributed by atoms with Crippen molar-refractivity contribution in [3.8, 4) is 0 Å². The van der Waals surface area contributed by atoms with Crippen molar-refractivity contribution in [1.29, 1.82) is 0 Å². The minimum Gasteiger partial charge on any atom is -0.444 e. The minimum absolute atomic E-state index is 0. The molecule has 0 fully saturated rings. The second-order valence-electron chi connectivity index (χ2n) is 7.37. The third-order valence-electron chi connectivity index (χ3n) is 3.55. The summed E-state index contributed by atoms with van der Waals surface area (Å²) in [6, 6.07) is -0.676. The molecule has 166 valence electrons. The van der Waals surface area contributed by atoms with Crippen LogP contribution in [0, 0.1) is 0 Å². The van der Waals surface area contributed by atoms with Crippen LogP contribution >= 0.6 is 0 Å². The molecule has 0 aliphatic heterocycles. The summed E-state index contributed by atoms with van der Waals surface area (Å²) in [6.45, 7) is 7.13. The first-order chi connectivity index (χ1) is 12.7. The summed E-state index contributed by atoms with van der Waals surface area (Å²) >= 11 is 0. The molecule has 0 spiro atoms. The average molecular weight is 405 g/mol. The fraction of sp³-hybridized carbons (Fsp3) is 0.833. The largest absolute Gasteiger partial charge is 0.444 e. The number of hydrogen-bond acceptors (Lipinski definition) is 7. The average Bonchev–Trinajstić information content (AvgIpc) is 2.57. The van der Waals surface area contributed by atoms with E-state index >= 15 is 0 Å². The molecule has 0 saturated carbocycles. The first-order valence-electron chi connectivity index (χ1n) is 9.63. The van der Waals surface area contributed by atoms with E-state index in [4.69, 9.17) is 16.2 Å². The van der Waals surface area contributed by atoms with Crippen molar-refractivity contribution >= 4 is 17.9 Å². The number of nitrogens with one attached hydrogen (secondary N) is 3. The maximum atomic E-state index is 12.3. The summed E-state index contributed by atoms with van der Waals surface area (Å²) in [5, 5.41) is 8.13. The van der Waals surface area contributed by atoms with Gasteiger partial charge in [-0.15, -0.1) is 0 Å². The van der Waals surface area contributed by atoms with Crippen molar-refractivity contribution in [3.05, 3.63) is 0 Å². The molecular formula is C18H40N6O4. The van der Waals surface area contributed by atoms with Gasteiger partial charge < -0.3 is 38.3 Å². The quantitative estimate of drug-likeness (QED) is 0.242. The number of carbonyl (C=O) groups excluding carboxylic acids is 3. The van der Waals surface area contributed by atoms with Gasteiger partial charge in [-0.3, -0.25) is 9.59 Å². The molecule has 10 nitrogen and oxygen atoms in total. The number of unbranched alkanes of at least 4 members (excludes halogenated alkanes) is 2. The maximum Gasteiger partial charge on any atom is 0.408 e. The Bertz CT molecular complexity index is 454. The molecule has 1 atom stereocenters. The van der Waals surface area contributed by atoms with Gasteiger partial charge in [0.1, 0.15) is 11.6 Å². The second-order valence-corrected chi connectivity index (χ2v) is 7.37. The van der Waals surface area contributed by atoms with Crippen LogP contribution < -0.4 is 33.6 Å². The number of alkyl carbamates (subject to hydrolysis) is 1. The number of amides is 3. The Morgan fingerprint density at radius 3 is 2.18 bits per heavy atom. The van der Waals surface area contributed by atoms with Gasteiger partial charge in [0.2, 0.25) is 11.8 Å². The molecule has 0 heterocycles. The van der Waals surface area contributed by atoms with Crippen LogP contribution in [0.5, 0.6) is 0 Å². The molecule has 0 aromatic carbocycles. The monoisotopic (exact) mass is 404 g/mol. The Morgan fingerprint density at radius 1 is 0.929 bits per heavy atom. The van der Waals surface area contributed by atoms with E-state index in [9.17, 15) is 14.4 Å².